The number of nitrogens with zero attached hydrogens (tertiary/aromatic N) is 1. The van der Waals surface area contributed by atoms with E-state index in [0.717, 1.165) is 5.56 Å². The van der Waals surface area contributed by atoms with Crippen LogP contribution in [0.5, 0.6) is 0 Å². The van der Waals surface area contributed by atoms with E-state index in [2.05, 4.69) is 10.6 Å². The van der Waals surface area contributed by atoms with Crippen LogP contribution in [0.25, 0.3) is 0 Å². The van der Waals surface area contributed by atoms with Gasteiger partial charge in [-0.15, -0.1) is 0 Å². The van der Waals surface area contributed by atoms with Crippen molar-refractivity contribution in [1.29, 1.82) is 5.26 Å². The Bertz CT molecular complexity index is 845. The molecule has 0 bridgehead atoms. The lowest BCUT2D eigenvalue weighted by Crippen LogP contribution is -2.18. The molecule has 2 rings (SSSR count). The van der Waals surface area contributed by atoms with Crippen molar-refractivity contribution in [1.82, 2.24) is 5.32 Å². The number of nitrogens with two attached hydrogens (primary N) is 1. The Kier molecular flexibility index (Phi) is 6.38. The minimum atomic E-state index is -0.590. The second kappa shape index (κ2) is 8.71. The lowest BCUT2D eigenvalue weighted by molar-refractivity contribution is -0.112. The number of carbonyl (C=O) groups excluding carboxylic acids is 1. The molecule has 1 amide bonds. The highest BCUT2D eigenvalue weighted by Crippen LogP contribution is 2.24. The highest BCUT2D eigenvalue weighted by atomic mass is 35.5. The Morgan fingerprint density at radius 3 is 2.80 bits per heavy atom. The van der Waals surface area contributed by atoms with Crippen LogP contribution in [0.4, 0.5) is 15.8 Å². The Morgan fingerprint density at radius 1 is 1.32 bits per heavy atom. The summed E-state index contributed by atoms with van der Waals surface area (Å²) in [5.41, 5.74) is 7.13. The van der Waals surface area contributed by atoms with Gasteiger partial charge in [-0.25, -0.2) is 4.39 Å². The Morgan fingerprint density at radius 2 is 2.12 bits per heavy atom. The molecule has 0 saturated carbocycles. The molecule has 0 fully saturated rings. The molecule has 0 aromatic heterocycles. The zero-order valence-corrected chi connectivity index (χ0v) is 14.0. The molecule has 2 aromatic carbocycles. The average Bonchev–Trinajstić information content (AvgIpc) is 2.57. The first-order valence-electron chi connectivity index (χ1n) is 7.44. The fourth-order valence-corrected chi connectivity index (χ4v) is 2.29. The Hall–Kier alpha value is -3.04. The van der Waals surface area contributed by atoms with Crippen molar-refractivity contribution < 1.29 is 9.18 Å². The normalized spacial score (nSPS) is 10.8. The molecule has 7 heteroatoms. The standard InChI is InChI=1S/C18H16ClFN4O/c19-16-9-15(22)4-5-17(16)24-18(25)13(10-21)11-23-7-6-12-2-1-3-14(20)8-12/h1-5,8-9,11,23H,6-7,22H2,(H,24,25)/b13-11-. The summed E-state index contributed by atoms with van der Waals surface area (Å²) in [5.74, 6) is -0.891. The summed E-state index contributed by atoms with van der Waals surface area (Å²) in [4.78, 5) is 12.1. The molecule has 0 aliphatic carbocycles. The Labute approximate surface area is 149 Å². The second-order valence-electron chi connectivity index (χ2n) is 5.20. The predicted octanol–water partition coefficient (Wildman–Crippen LogP) is 3.24. The fourth-order valence-electron chi connectivity index (χ4n) is 2.05. The maximum Gasteiger partial charge on any atom is 0.267 e. The largest absolute Gasteiger partial charge is 0.399 e. The highest BCUT2D eigenvalue weighted by Gasteiger charge is 2.11. The number of rotatable bonds is 6. The first-order valence-corrected chi connectivity index (χ1v) is 7.82. The number of benzene rings is 2. The number of amides is 1. The van der Waals surface area contributed by atoms with Gasteiger partial charge in [0.2, 0.25) is 0 Å². The molecule has 0 aliphatic heterocycles. The summed E-state index contributed by atoms with van der Waals surface area (Å²) in [6.07, 6.45) is 1.87. The van der Waals surface area contributed by atoms with Crippen LogP contribution in [0.15, 0.2) is 54.2 Å². The van der Waals surface area contributed by atoms with Crippen LogP contribution < -0.4 is 16.4 Å². The van der Waals surface area contributed by atoms with Crippen molar-refractivity contribution in [3.05, 3.63) is 70.6 Å². The van der Waals surface area contributed by atoms with Crippen molar-refractivity contribution in [3.63, 3.8) is 0 Å². The molecule has 2 aromatic rings. The Balaban J connectivity index is 1.92. The van der Waals surface area contributed by atoms with E-state index < -0.39 is 5.91 Å². The predicted molar refractivity (Wildman–Crippen MR) is 96.3 cm³/mol. The maximum atomic E-state index is 13.1. The summed E-state index contributed by atoms with van der Waals surface area (Å²) in [6, 6.07) is 12.7. The molecule has 128 valence electrons. The molecule has 4 N–H and O–H groups in total. The van der Waals surface area contributed by atoms with Crippen LogP contribution in [0.1, 0.15) is 5.56 Å². The first-order chi connectivity index (χ1) is 12.0. The number of anilines is 2. The van der Waals surface area contributed by atoms with Gasteiger partial charge in [0.15, 0.2) is 0 Å². The van der Waals surface area contributed by atoms with Crippen LogP contribution in [0.3, 0.4) is 0 Å². The molecule has 0 radical (unpaired) electrons. The summed E-state index contributed by atoms with van der Waals surface area (Å²) < 4.78 is 13.1. The average molecular weight is 359 g/mol. The van der Waals surface area contributed by atoms with Crippen molar-refractivity contribution in [3.8, 4) is 6.07 Å². The zero-order valence-electron chi connectivity index (χ0n) is 13.2. The summed E-state index contributed by atoms with van der Waals surface area (Å²) >= 11 is 5.99. The molecule has 0 aliphatic rings. The van der Waals surface area contributed by atoms with E-state index in [4.69, 9.17) is 22.6 Å². The van der Waals surface area contributed by atoms with Crippen LogP contribution in [-0.2, 0) is 11.2 Å². The van der Waals surface area contributed by atoms with E-state index in [9.17, 15) is 9.18 Å². The van der Waals surface area contributed by atoms with Crippen LogP contribution in [-0.4, -0.2) is 12.5 Å². The third kappa shape index (κ3) is 5.52. The summed E-state index contributed by atoms with van der Waals surface area (Å²) in [5, 5.41) is 14.8. The number of hydrogen-bond acceptors (Lipinski definition) is 4. The molecule has 0 unspecified atom stereocenters. The van der Waals surface area contributed by atoms with Crippen LogP contribution in [0, 0.1) is 17.1 Å². The van der Waals surface area contributed by atoms with Crippen molar-refractivity contribution >= 4 is 28.9 Å². The minimum Gasteiger partial charge on any atom is -0.399 e. The molecular weight excluding hydrogens is 343 g/mol. The third-order valence-corrected chi connectivity index (χ3v) is 3.61. The van der Waals surface area contributed by atoms with Gasteiger partial charge in [0.1, 0.15) is 17.5 Å². The van der Waals surface area contributed by atoms with E-state index in [1.54, 1.807) is 24.3 Å². The molecule has 5 nitrogen and oxygen atoms in total. The van der Waals surface area contributed by atoms with Gasteiger partial charge in [0.25, 0.3) is 5.91 Å². The lowest BCUT2D eigenvalue weighted by Gasteiger charge is -2.07. The number of nitrogens with one attached hydrogen (secondary N) is 2. The van der Waals surface area contributed by atoms with Gasteiger partial charge in [-0.1, -0.05) is 23.7 Å². The van der Waals surface area contributed by atoms with Crippen molar-refractivity contribution in [2.45, 2.75) is 6.42 Å². The van der Waals surface area contributed by atoms with Gasteiger partial charge in [0, 0.05) is 18.4 Å². The summed E-state index contributed by atoms with van der Waals surface area (Å²) in [6.45, 7) is 0.449. The van der Waals surface area contributed by atoms with E-state index in [0.29, 0.717) is 24.3 Å². The van der Waals surface area contributed by atoms with E-state index >= 15 is 0 Å². The van der Waals surface area contributed by atoms with E-state index in [1.165, 1.54) is 24.4 Å². The first kappa shape index (κ1) is 18.3. The van der Waals surface area contributed by atoms with E-state index in [-0.39, 0.29) is 16.4 Å². The number of halogens is 2. The molecule has 0 spiro atoms. The van der Waals surface area contributed by atoms with Gasteiger partial charge in [-0.2, -0.15) is 5.26 Å². The molecular formula is C18H16ClFN4O. The minimum absolute atomic E-state index is 0.105. The SMILES string of the molecule is N#C/C(=C/NCCc1cccc(F)c1)C(=O)Nc1ccc(N)cc1Cl. The zero-order chi connectivity index (χ0) is 18.2. The maximum absolute atomic E-state index is 13.1. The molecule has 0 heterocycles. The van der Waals surface area contributed by atoms with Crippen molar-refractivity contribution in [2.24, 2.45) is 0 Å². The molecule has 25 heavy (non-hydrogen) atoms. The fraction of sp³-hybridized carbons (Fsp3) is 0.111. The highest BCUT2D eigenvalue weighted by molar-refractivity contribution is 6.34. The van der Waals surface area contributed by atoms with Gasteiger partial charge >= 0.3 is 0 Å². The molecule has 0 atom stereocenters. The van der Waals surface area contributed by atoms with E-state index in [1.807, 2.05) is 6.07 Å². The topological polar surface area (TPSA) is 90.9 Å². The monoisotopic (exact) mass is 358 g/mol. The third-order valence-electron chi connectivity index (χ3n) is 3.30. The van der Waals surface area contributed by atoms with Gasteiger partial charge < -0.3 is 16.4 Å². The lowest BCUT2D eigenvalue weighted by atomic mass is 10.1. The van der Waals surface area contributed by atoms with Gasteiger partial charge in [-0.3, -0.25) is 4.79 Å². The summed E-state index contributed by atoms with van der Waals surface area (Å²) in [7, 11) is 0. The number of hydrogen-bond donors (Lipinski definition) is 3. The number of nitriles is 1. The van der Waals surface area contributed by atoms with Gasteiger partial charge in [-0.05, 0) is 42.3 Å². The number of carbonyl (C=O) groups is 1. The van der Waals surface area contributed by atoms with Gasteiger partial charge in [0.05, 0.1) is 10.7 Å². The second-order valence-corrected chi connectivity index (χ2v) is 5.60. The van der Waals surface area contributed by atoms with Crippen molar-refractivity contribution in [2.75, 3.05) is 17.6 Å². The number of nitrogen functional groups attached to an aromatic ring is 1. The molecule has 0 saturated heterocycles. The smallest absolute Gasteiger partial charge is 0.267 e. The van der Waals surface area contributed by atoms with Crippen LogP contribution in [0.2, 0.25) is 5.02 Å². The quantitative estimate of drug-likeness (QED) is 0.320. The van der Waals surface area contributed by atoms with Crippen LogP contribution >= 0.6 is 11.6 Å².